The molecule has 2 aromatic carbocycles. The minimum Gasteiger partial charge on any atom is -0.493 e. The van der Waals surface area contributed by atoms with Crippen LogP contribution in [0.4, 0.5) is 0 Å². The first kappa shape index (κ1) is 21.7. The number of hydrogen-bond donors (Lipinski definition) is 1. The Morgan fingerprint density at radius 1 is 1.03 bits per heavy atom. The van der Waals surface area contributed by atoms with Crippen LogP contribution in [-0.4, -0.2) is 35.0 Å². The van der Waals surface area contributed by atoms with E-state index in [1.807, 2.05) is 43.3 Å². The summed E-state index contributed by atoms with van der Waals surface area (Å²) >= 11 is 0. The minimum atomic E-state index is -0.921. The third-order valence-corrected chi connectivity index (χ3v) is 5.05. The number of furan rings is 1. The number of amides is 1. The van der Waals surface area contributed by atoms with Gasteiger partial charge in [-0.2, -0.15) is 0 Å². The second kappa shape index (κ2) is 11.7. The van der Waals surface area contributed by atoms with Crippen LogP contribution in [0.25, 0.3) is 11.3 Å². The van der Waals surface area contributed by atoms with Crippen LogP contribution >= 0.6 is 0 Å². The Labute approximate surface area is 189 Å². The fraction of sp³-hybridized carbons (Fsp3) is 0.308. The third-order valence-electron chi connectivity index (χ3n) is 5.05. The number of carbonyl (C=O) groups is 2. The number of carbonyl (C=O) groups excluding carboxylic acids is 1. The summed E-state index contributed by atoms with van der Waals surface area (Å²) in [5.74, 6) is 0.272. The average molecular weight is 437 g/mol. The topological polar surface area (TPSA) is 80.0 Å². The number of rotatable bonds is 12. The van der Waals surface area contributed by atoms with Crippen molar-refractivity contribution >= 4 is 11.9 Å². The molecule has 1 amide bonds. The highest BCUT2D eigenvalue weighted by Gasteiger charge is 2.17. The number of unbranched alkanes of at least 4 members (excludes halogenated alkanes) is 2. The molecule has 0 bridgehead atoms. The summed E-state index contributed by atoms with van der Waals surface area (Å²) in [4.78, 5) is 25.3. The van der Waals surface area contributed by atoms with E-state index in [9.17, 15) is 9.59 Å². The van der Waals surface area contributed by atoms with Gasteiger partial charge in [0.1, 0.15) is 11.5 Å². The molecule has 1 unspecified atom stereocenters. The number of hydrogen-bond acceptors (Lipinski definition) is 4. The highest BCUT2D eigenvalue weighted by Crippen LogP contribution is 2.23. The van der Waals surface area contributed by atoms with Gasteiger partial charge in [0.25, 0.3) is 5.91 Å². The summed E-state index contributed by atoms with van der Waals surface area (Å²) in [7, 11) is 0. The normalized spacial score (nSPS) is 12.1. The standard InChI is InChI=1S/C26H29NO5/c1-2-27(26(30)21-15-13-20(14-16-21)23-11-8-18-32-23)19-22-9-5-6-10-24(22)31-17-7-3-4-12-25(28)29/h5-6,8-11,13-16,18H,2-4,7,12,17,19H2,1H3,(H,28,29)/i19D. The number of para-hydroxylation sites is 1. The number of carboxylic acid groups (broad SMARTS) is 1. The van der Waals surface area contributed by atoms with Crippen LogP contribution in [0.1, 0.15) is 49.9 Å². The molecule has 3 rings (SSSR count). The molecule has 168 valence electrons. The van der Waals surface area contributed by atoms with Gasteiger partial charge in [0, 0.05) is 36.2 Å². The van der Waals surface area contributed by atoms with Crippen molar-refractivity contribution in [2.24, 2.45) is 0 Å². The summed E-state index contributed by atoms with van der Waals surface area (Å²) in [6.07, 6.45) is 3.85. The Balaban J connectivity index is 1.66. The lowest BCUT2D eigenvalue weighted by atomic mass is 10.1. The summed E-state index contributed by atoms with van der Waals surface area (Å²) in [6.45, 7) is 1.73. The molecule has 6 heteroatoms. The molecule has 0 radical (unpaired) electrons. The molecule has 0 aliphatic carbocycles. The third kappa shape index (κ3) is 6.48. The van der Waals surface area contributed by atoms with E-state index >= 15 is 0 Å². The Kier molecular flexibility index (Phi) is 7.96. The molecule has 3 aromatic rings. The van der Waals surface area contributed by atoms with Crippen LogP contribution in [0, 0.1) is 0 Å². The quantitative estimate of drug-likeness (QED) is 0.372. The molecule has 0 saturated carbocycles. The number of carboxylic acids is 1. The van der Waals surface area contributed by atoms with Crippen molar-refractivity contribution in [1.82, 2.24) is 4.90 Å². The van der Waals surface area contributed by atoms with Gasteiger partial charge < -0.3 is 19.2 Å². The second-order valence-electron chi connectivity index (χ2n) is 7.37. The largest absolute Gasteiger partial charge is 0.493 e. The molecule has 1 atom stereocenters. The molecule has 0 spiro atoms. The van der Waals surface area contributed by atoms with Crippen LogP contribution in [0.2, 0.25) is 0 Å². The number of aliphatic carboxylic acids is 1. The number of benzene rings is 2. The van der Waals surface area contributed by atoms with Crippen molar-refractivity contribution in [3.05, 3.63) is 78.1 Å². The van der Waals surface area contributed by atoms with Crippen LogP contribution in [0.5, 0.6) is 5.75 Å². The van der Waals surface area contributed by atoms with Gasteiger partial charge in [-0.05, 0) is 56.5 Å². The predicted octanol–water partition coefficient (Wildman–Crippen LogP) is 5.63. The van der Waals surface area contributed by atoms with E-state index in [0.29, 0.717) is 36.4 Å². The molecule has 0 aliphatic rings. The van der Waals surface area contributed by atoms with Gasteiger partial charge >= 0.3 is 5.97 Å². The van der Waals surface area contributed by atoms with Gasteiger partial charge in [-0.15, -0.1) is 0 Å². The maximum absolute atomic E-state index is 13.2. The molecular weight excluding hydrogens is 406 g/mol. The zero-order valence-corrected chi connectivity index (χ0v) is 18.2. The molecule has 1 aromatic heterocycles. The Hall–Kier alpha value is -3.54. The first-order valence-corrected chi connectivity index (χ1v) is 10.8. The van der Waals surface area contributed by atoms with Crippen molar-refractivity contribution in [3.63, 3.8) is 0 Å². The van der Waals surface area contributed by atoms with Crippen LogP contribution in [0.15, 0.2) is 71.3 Å². The van der Waals surface area contributed by atoms with E-state index in [-0.39, 0.29) is 12.3 Å². The van der Waals surface area contributed by atoms with Crippen LogP contribution < -0.4 is 4.74 Å². The maximum Gasteiger partial charge on any atom is 0.303 e. The van der Waals surface area contributed by atoms with E-state index in [4.69, 9.17) is 15.6 Å². The smallest absolute Gasteiger partial charge is 0.303 e. The minimum absolute atomic E-state index is 0.154. The summed E-state index contributed by atoms with van der Waals surface area (Å²) in [5.41, 5.74) is 2.00. The van der Waals surface area contributed by atoms with Gasteiger partial charge in [-0.25, -0.2) is 0 Å². The average Bonchev–Trinajstić information content (AvgIpc) is 3.37. The molecule has 0 aliphatic heterocycles. The fourth-order valence-electron chi connectivity index (χ4n) is 3.30. The number of ether oxygens (including phenoxy) is 1. The maximum atomic E-state index is 13.2. The molecule has 6 nitrogen and oxygen atoms in total. The molecule has 0 fully saturated rings. The Morgan fingerprint density at radius 2 is 1.81 bits per heavy atom. The molecule has 32 heavy (non-hydrogen) atoms. The predicted molar refractivity (Wildman–Crippen MR) is 123 cm³/mol. The van der Waals surface area contributed by atoms with Crippen molar-refractivity contribution < 1.29 is 25.2 Å². The lowest BCUT2D eigenvalue weighted by Gasteiger charge is -2.22. The van der Waals surface area contributed by atoms with Gasteiger partial charge in [0.15, 0.2) is 0 Å². The van der Waals surface area contributed by atoms with Crippen molar-refractivity contribution in [2.45, 2.75) is 39.1 Å². The van der Waals surface area contributed by atoms with Crippen molar-refractivity contribution in [2.75, 3.05) is 13.2 Å². The van der Waals surface area contributed by atoms with Gasteiger partial charge in [0.05, 0.1) is 14.2 Å². The summed E-state index contributed by atoms with van der Waals surface area (Å²) in [6, 6.07) is 18.1. The summed E-state index contributed by atoms with van der Waals surface area (Å²) in [5, 5.41) is 8.72. The SMILES string of the molecule is [2H]C(c1ccccc1OCCCCCC(=O)O)N(CC)C(=O)c1ccc(-c2ccco2)cc1. The van der Waals surface area contributed by atoms with Gasteiger partial charge in [-0.1, -0.05) is 30.3 Å². The first-order chi connectivity index (χ1) is 16.0. The van der Waals surface area contributed by atoms with Crippen LogP contribution in [0.3, 0.4) is 0 Å². The van der Waals surface area contributed by atoms with E-state index in [0.717, 1.165) is 24.2 Å². The van der Waals surface area contributed by atoms with Gasteiger partial charge in [-0.3, -0.25) is 9.59 Å². The molecule has 0 saturated heterocycles. The Morgan fingerprint density at radius 3 is 2.50 bits per heavy atom. The summed E-state index contributed by atoms with van der Waals surface area (Å²) < 4.78 is 20.1. The molecule has 1 heterocycles. The van der Waals surface area contributed by atoms with E-state index in [1.165, 1.54) is 4.90 Å². The van der Waals surface area contributed by atoms with Crippen molar-refractivity contribution in [3.8, 4) is 17.1 Å². The van der Waals surface area contributed by atoms with Crippen molar-refractivity contribution in [1.29, 1.82) is 0 Å². The zero-order chi connectivity index (χ0) is 23.6. The zero-order valence-electron chi connectivity index (χ0n) is 19.2. The second-order valence-corrected chi connectivity index (χ2v) is 7.37. The number of nitrogens with zero attached hydrogens (tertiary/aromatic N) is 1. The highest BCUT2D eigenvalue weighted by atomic mass is 16.5. The monoisotopic (exact) mass is 436 g/mol. The van der Waals surface area contributed by atoms with E-state index in [1.54, 1.807) is 30.5 Å². The van der Waals surface area contributed by atoms with Crippen LogP contribution in [-0.2, 0) is 11.3 Å². The van der Waals surface area contributed by atoms with E-state index in [2.05, 4.69) is 0 Å². The molecular formula is C26H29NO5. The lowest BCUT2D eigenvalue weighted by molar-refractivity contribution is -0.137. The molecule has 1 N–H and O–H groups in total. The fourth-order valence-corrected chi connectivity index (χ4v) is 3.30. The van der Waals surface area contributed by atoms with Gasteiger partial charge in [0.2, 0.25) is 0 Å². The first-order valence-electron chi connectivity index (χ1n) is 11.4. The lowest BCUT2D eigenvalue weighted by Crippen LogP contribution is -2.30. The highest BCUT2D eigenvalue weighted by molar-refractivity contribution is 5.94. The van der Waals surface area contributed by atoms with E-state index < -0.39 is 12.5 Å². The Bertz CT molecular complexity index is 1030.